The predicted octanol–water partition coefficient (Wildman–Crippen LogP) is 2.18. The van der Waals surface area contributed by atoms with Crippen LogP contribution in [0.25, 0.3) is 10.9 Å². The van der Waals surface area contributed by atoms with E-state index in [0.717, 1.165) is 22.2 Å². The first-order valence-corrected chi connectivity index (χ1v) is 4.90. The average molecular weight is 202 g/mol. The Hall–Kier alpha value is -1.77. The number of fused-ring (bicyclic) bond motifs is 1. The van der Waals surface area contributed by atoms with Gasteiger partial charge in [-0.05, 0) is 13.0 Å². The molecule has 2 rings (SSSR count). The van der Waals surface area contributed by atoms with E-state index >= 15 is 0 Å². The molecule has 3 heteroatoms. The zero-order valence-electron chi connectivity index (χ0n) is 9.16. The van der Waals surface area contributed by atoms with E-state index in [1.165, 1.54) is 0 Å². The first-order valence-electron chi connectivity index (χ1n) is 4.90. The molecule has 1 aromatic heterocycles. The molecule has 0 unspecified atom stereocenters. The molecular weight excluding hydrogens is 188 g/mol. The summed E-state index contributed by atoms with van der Waals surface area (Å²) in [6, 6.07) is 7.86. The number of nitrogens with one attached hydrogen (secondary N) is 1. The minimum absolute atomic E-state index is 0.0463. The fourth-order valence-corrected chi connectivity index (χ4v) is 1.78. The van der Waals surface area contributed by atoms with Crippen molar-refractivity contribution >= 4 is 16.8 Å². The molecule has 2 aromatic rings. The zero-order chi connectivity index (χ0) is 11.0. The molecule has 0 bridgehead atoms. The summed E-state index contributed by atoms with van der Waals surface area (Å²) in [6.45, 7) is 1.93. The van der Waals surface area contributed by atoms with E-state index in [1.54, 1.807) is 19.0 Å². The van der Waals surface area contributed by atoms with Gasteiger partial charge in [-0.1, -0.05) is 18.2 Å². The number of aromatic amines is 1. The van der Waals surface area contributed by atoms with Gasteiger partial charge in [0.1, 0.15) is 0 Å². The third-order valence-electron chi connectivity index (χ3n) is 2.51. The molecule has 1 amide bonds. The highest BCUT2D eigenvalue weighted by atomic mass is 16.2. The summed E-state index contributed by atoms with van der Waals surface area (Å²) in [6.07, 6.45) is 0. The summed E-state index contributed by atoms with van der Waals surface area (Å²) in [5.74, 6) is 0.0463. The van der Waals surface area contributed by atoms with Crippen molar-refractivity contribution in [3.8, 4) is 0 Å². The van der Waals surface area contributed by atoms with Crippen LogP contribution in [-0.4, -0.2) is 29.9 Å². The van der Waals surface area contributed by atoms with Gasteiger partial charge in [0, 0.05) is 30.7 Å². The standard InChI is InChI=1S/C12H14N2O/c1-8-11(12(15)14(2)3)9-6-4-5-7-10(9)13-8/h4-7,13H,1-3H3. The minimum atomic E-state index is 0.0463. The van der Waals surface area contributed by atoms with Crippen LogP contribution in [-0.2, 0) is 0 Å². The molecule has 3 nitrogen and oxygen atoms in total. The van der Waals surface area contributed by atoms with Crippen LogP contribution in [0.4, 0.5) is 0 Å². The summed E-state index contributed by atoms with van der Waals surface area (Å²) in [7, 11) is 3.53. The van der Waals surface area contributed by atoms with Gasteiger partial charge >= 0.3 is 0 Å². The smallest absolute Gasteiger partial charge is 0.255 e. The van der Waals surface area contributed by atoms with Crippen molar-refractivity contribution in [1.82, 2.24) is 9.88 Å². The fraction of sp³-hybridized carbons (Fsp3) is 0.250. The van der Waals surface area contributed by atoms with Crippen LogP contribution in [0.3, 0.4) is 0 Å². The first kappa shape index (κ1) is 9.77. The Morgan fingerprint density at radius 1 is 1.27 bits per heavy atom. The zero-order valence-corrected chi connectivity index (χ0v) is 9.16. The summed E-state index contributed by atoms with van der Waals surface area (Å²) >= 11 is 0. The van der Waals surface area contributed by atoms with E-state index in [2.05, 4.69) is 4.98 Å². The van der Waals surface area contributed by atoms with E-state index in [4.69, 9.17) is 0 Å². The van der Waals surface area contributed by atoms with E-state index in [-0.39, 0.29) is 5.91 Å². The third-order valence-corrected chi connectivity index (χ3v) is 2.51. The number of aryl methyl sites for hydroxylation is 1. The Kier molecular flexibility index (Phi) is 2.23. The number of para-hydroxylation sites is 1. The van der Waals surface area contributed by atoms with Gasteiger partial charge in [0.05, 0.1) is 5.56 Å². The number of carbonyl (C=O) groups excluding carboxylic acids is 1. The van der Waals surface area contributed by atoms with E-state index in [0.29, 0.717) is 0 Å². The third kappa shape index (κ3) is 1.50. The maximum atomic E-state index is 11.9. The maximum absolute atomic E-state index is 11.9. The quantitative estimate of drug-likeness (QED) is 0.756. The minimum Gasteiger partial charge on any atom is -0.358 e. The van der Waals surface area contributed by atoms with Crippen LogP contribution in [0.2, 0.25) is 0 Å². The highest BCUT2D eigenvalue weighted by molar-refractivity contribution is 6.07. The Labute approximate surface area is 88.7 Å². The van der Waals surface area contributed by atoms with Crippen molar-refractivity contribution in [2.75, 3.05) is 14.1 Å². The lowest BCUT2D eigenvalue weighted by Gasteiger charge is -2.09. The number of amides is 1. The van der Waals surface area contributed by atoms with Gasteiger partial charge < -0.3 is 9.88 Å². The molecule has 0 atom stereocenters. The van der Waals surface area contributed by atoms with Crippen LogP contribution >= 0.6 is 0 Å². The molecule has 0 fully saturated rings. The molecule has 1 heterocycles. The van der Waals surface area contributed by atoms with E-state index in [1.807, 2.05) is 31.2 Å². The highest BCUT2D eigenvalue weighted by Gasteiger charge is 2.16. The van der Waals surface area contributed by atoms with Gasteiger partial charge in [-0.2, -0.15) is 0 Å². The van der Waals surface area contributed by atoms with E-state index < -0.39 is 0 Å². The van der Waals surface area contributed by atoms with Crippen molar-refractivity contribution in [1.29, 1.82) is 0 Å². The van der Waals surface area contributed by atoms with Gasteiger partial charge in [-0.25, -0.2) is 0 Å². The van der Waals surface area contributed by atoms with Gasteiger partial charge in [-0.3, -0.25) is 4.79 Å². The van der Waals surface area contributed by atoms with Crippen molar-refractivity contribution in [3.63, 3.8) is 0 Å². The monoisotopic (exact) mass is 202 g/mol. The molecule has 0 aliphatic heterocycles. The SMILES string of the molecule is Cc1[nH]c2ccccc2c1C(=O)N(C)C. The number of benzene rings is 1. The predicted molar refractivity (Wildman–Crippen MR) is 61.1 cm³/mol. The molecule has 0 aliphatic carbocycles. The van der Waals surface area contributed by atoms with Crippen molar-refractivity contribution < 1.29 is 4.79 Å². The van der Waals surface area contributed by atoms with Crippen molar-refractivity contribution in [2.45, 2.75) is 6.92 Å². The molecule has 15 heavy (non-hydrogen) atoms. The number of aromatic nitrogens is 1. The van der Waals surface area contributed by atoms with Gasteiger partial charge in [0.2, 0.25) is 0 Å². The lowest BCUT2D eigenvalue weighted by Crippen LogP contribution is -2.22. The Morgan fingerprint density at radius 2 is 1.93 bits per heavy atom. The number of rotatable bonds is 1. The second kappa shape index (κ2) is 3.42. The molecule has 1 aromatic carbocycles. The number of hydrogen-bond donors (Lipinski definition) is 1. The number of H-pyrrole nitrogens is 1. The van der Waals surface area contributed by atoms with Crippen molar-refractivity contribution in [3.05, 3.63) is 35.5 Å². The summed E-state index contributed by atoms with van der Waals surface area (Å²) in [4.78, 5) is 16.8. The van der Waals surface area contributed by atoms with Crippen LogP contribution in [0.1, 0.15) is 16.1 Å². The second-order valence-corrected chi connectivity index (χ2v) is 3.87. The molecule has 0 radical (unpaired) electrons. The topological polar surface area (TPSA) is 36.1 Å². The summed E-state index contributed by atoms with van der Waals surface area (Å²) < 4.78 is 0. The number of nitrogens with zero attached hydrogens (tertiary/aromatic N) is 1. The summed E-state index contributed by atoms with van der Waals surface area (Å²) in [5.41, 5.74) is 2.71. The van der Waals surface area contributed by atoms with Crippen LogP contribution in [0.15, 0.2) is 24.3 Å². The number of hydrogen-bond acceptors (Lipinski definition) is 1. The Morgan fingerprint density at radius 3 is 2.60 bits per heavy atom. The lowest BCUT2D eigenvalue weighted by molar-refractivity contribution is 0.0829. The van der Waals surface area contributed by atoms with Crippen LogP contribution in [0, 0.1) is 6.92 Å². The van der Waals surface area contributed by atoms with Gasteiger partial charge in [-0.15, -0.1) is 0 Å². The van der Waals surface area contributed by atoms with Gasteiger partial charge in [0.25, 0.3) is 5.91 Å². The van der Waals surface area contributed by atoms with Crippen LogP contribution in [0.5, 0.6) is 0 Å². The first-order chi connectivity index (χ1) is 7.11. The average Bonchev–Trinajstić information content (AvgIpc) is 2.52. The fourth-order valence-electron chi connectivity index (χ4n) is 1.78. The largest absolute Gasteiger partial charge is 0.358 e. The molecule has 0 saturated heterocycles. The highest BCUT2D eigenvalue weighted by Crippen LogP contribution is 2.22. The molecule has 78 valence electrons. The van der Waals surface area contributed by atoms with E-state index in [9.17, 15) is 4.79 Å². The molecule has 0 spiro atoms. The Balaban J connectivity index is 2.69. The normalized spacial score (nSPS) is 10.6. The second-order valence-electron chi connectivity index (χ2n) is 3.87. The Bertz CT molecular complexity index is 511. The maximum Gasteiger partial charge on any atom is 0.255 e. The molecule has 1 N–H and O–H groups in total. The molecule has 0 aliphatic rings. The molecule has 0 saturated carbocycles. The number of carbonyl (C=O) groups is 1. The van der Waals surface area contributed by atoms with Crippen LogP contribution < -0.4 is 0 Å². The lowest BCUT2D eigenvalue weighted by atomic mass is 10.1. The van der Waals surface area contributed by atoms with Gasteiger partial charge in [0.15, 0.2) is 0 Å². The summed E-state index contributed by atoms with van der Waals surface area (Å²) in [5, 5.41) is 0.994. The van der Waals surface area contributed by atoms with Crippen molar-refractivity contribution in [2.24, 2.45) is 0 Å². The molecular formula is C12H14N2O.